The second-order valence-electron chi connectivity index (χ2n) is 5.60. The highest BCUT2D eigenvalue weighted by Gasteiger charge is 2.35. The fraction of sp³-hybridized carbons (Fsp3) is 0.278. The minimum Gasteiger partial charge on any atom is -0.488 e. The number of methoxy groups -OCH3 is 1. The number of benzene rings is 2. The largest absolute Gasteiger partial charge is 0.488 e. The van der Waals surface area contributed by atoms with Crippen molar-refractivity contribution in [2.75, 3.05) is 12.4 Å². The molecule has 0 bridgehead atoms. The minimum absolute atomic E-state index is 0.0423. The lowest BCUT2D eigenvalue weighted by molar-refractivity contribution is -0.139. The highest BCUT2D eigenvalue weighted by molar-refractivity contribution is 14.1. The SMILES string of the molecule is COC(=S)Nc1cccc(I)c1COc1cc(C)c(C)cc1C(F)(F)F. The highest BCUT2D eigenvalue weighted by Crippen LogP contribution is 2.38. The smallest absolute Gasteiger partial charge is 0.419 e. The van der Waals surface area contributed by atoms with Gasteiger partial charge in [-0.3, -0.25) is 0 Å². The van der Waals surface area contributed by atoms with Crippen LogP contribution in [0.1, 0.15) is 22.3 Å². The maximum Gasteiger partial charge on any atom is 0.419 e. The van der Waals surface area contributed by atoms with Crippen LogP contribution in [0.5, 0.6) is 5.75 Å². The molecule has 2 aromatic carbocycles. The molecule has 0 radical (unpaired) electrons. The second kappa shape index (κ2) is 8.43. The normalized spacial score (nSPS) is 11.2. The lowest BCUT2D eigenvalue weighted by Gasteiger charge is -2.18. The van der Waals surface area contributed by atoms with Crippen LogP contribution in [-0.4, -0.2) is 12.3 Å². The molecule has 2 rings (SSSR count). The van der Waals surface area contributed by atoms with Gasteiger partial charge < -0.3 is 14.8 Å². The van der Waals surface area contributed by atoms with Crippen LogP contribution in [0.25, 0.3) is 0 Å². The molecule has 0 fully saturated rings. The summed E-state index contributed by atoms with van der Waals surface area (Å²) >= 11 is 7.09. The standard InChI is InChI=1S/C18H17F3INO2S/c1-10-7-13(18(19,20)21)16(8-11(10)2)25-9-12-14(22)5-4-6-15(12)23-17(26)24-3/h4-8H,9H2,1-3H3,(H,23,26). The third kappa shape index (κ3) is 5.00. The van der Waals surface area contributed by atoms with E-state index in [4.69, 9.17) is 21.7 Å². The van der Waals surface area contributed by atoms with Crippen molar-refractivity contribution in [2.24, 2.45) is 0 Å². The third-order valence-electron chi connectivity index (χ3n) is 3.81. The number of nitrogens with one attached hydrogen (secondary N) is 1. The molecule has 140 valence electrons. The van der Waals surface area contributed by atoms with Gasteiger partial charge in [-0.1, -0.05) is 6.07 Å². The Labute approximate surface area is 169 Å². The second-order valence-corrected chi connectivity index (χ2v) is 7.13. The van der Waals surface area contributed by atoms with Crippen LogP contribution in [0.4, 0.5) is 18.9 Å². The van der Waals surface area contributed by atoms with Gasteiger partial charge >= 0.3 is 6.18 Å². The monoisotopic (exact) mass is 495 g/mol. The Bertz CT molecular complexity index is 825. The van der Waals surface area contributed by atoms with Crippen LogP contribution in [0.2, 0.25) is 0 Å². The van der Waals surface area contributed by atoms with Gasteiger partial charge in [-0.15, -0.1) is 0 Å². The van der Waals surface area contributed by atoms with Crippen molar-refractivity contribution in [3.63, 3.8) is 0 Å². The Morgan fingerprint density at radius 2 is 1.85 bits per heavy atom. The van der Waals surface area contributed by atoms with E-state index in [1.807, 2.05) is 12.1 Å². The van der Waals surface area contributed by atoms with E-state index in [9.17, 15) is 13.2 Å². The quantitative estimate of drug-likeness (QED) is 0.426. The first-order chi connectivity index (χ1) is 12.1. The van der Waals surface area contributed by atoms with Crippen molar-refractivity contribution in [1.82, 2.24) is 0 Å². The molecule has 8 heteroatoms. The van der Waals surface area contributed by atoms with Crippen LogP contribution in [-0.2, 0) is 17.5 Å². The molecule has 0 unspecified atom stereocenters. The number of alkyl halides is 3. The van der Waals surface area contributed by atoms with Crippen molar-refractivity contribution in [3.8, 4) is 5.75 Å². The Balaban J connectivity index is 2.35. The van der Waals surface area contributed by atoms with E-state index in [0.717, 1.165) is 15.2 Å². The van der Waals surface area contributed by atoms with Crippen molar-refractivity contribution < 1.29 is 22.6 Å². The Morgan fingerprint density at radius 1 is 1.19 bits per heavy atom. The molecule has 3 nitrogen and oxygen atoms in total. The summed E-state index contributed by atoms with van der Waals surface area (Å²) < 4.78 is 51.3. The number of halogens is 4. The molecule has 1 N–H and O–H groups in total. The molecule has 0 aliphatic rings. The van der Waals surface area contributed by atoms with Crippen molar-refractivity contribution >= 4 is 45.7 Å². The minimum atomic E-state index is -4.49. The topological polar surface area (TPSA) is 30.5 Å². The zero-order valence-electron chi connectivity index (χ0n) is 14.3. The van der Waals surface area contributed by atoms with Crippen molar-refractivity contribution in [2.45, 2.75) is 26.6 Å². The average molecular weight is 495 g/mol. The van der Waals surface area contributed by atoms with Gasteiger partial charge in [0.15, 0.2) is 0 Å². The van der Waals surface area contributed by atoms with Crippen LogP contribution in [0.15, 0.2) is 30.3 Å². The van der Waals surface area contributed by atoms with E-state index in [0.29, 0.717) is 16.8 Å². The molecular formula is C18H17F3INO2S. The third-order valence-corrected chi connectivity index (χ3v) is 5.09. The number of hydrogen-bond donors (Lipinski definition) is 1. The van der Waals surface area contributed by atoms with E-state index in [1.54, 1.807) is 19.9 Å². The van der Waals surface area contributed by atoms with Gasteiger partial charge in [-0.05, 0) is 84.0 Å². The summed E-state index contributed by atoms with van der Waals surface area (Å²) in [6.45, 7) is 3.35. The highest BCUT2D eigenvalue weighted by atomic mass is 127. The number of rotatable bonds is 4. The number of thiocarbonyl (C=S) groups is 1. The number of hydrogen-bond acceptors (Lipinski definition) is 3. The molecule has 0 saturated heterocycles. The van der Waals surface area contributed by atoms with Gasteiger partial charge in [-0.2, -0.15) is 13.2 Å². The predicted molar refractivity (Wildman–Crippen MR) is 108 cm³/mol. The van der Waals surface area contributed by atoms with Gasteiger partial charge in [0, 0.05) is 14.8 Å². The van der Waals surface area contributed by atoms with Gasteiger partial charge in [0.25, 0.3) is 5.17 Å². The Morgan fingerprint density at radius 3 is 2.46 bits per heavy atom. The van der Waals surface area contributed by atoms with Crippen LogP contribution < -0.4 is 10.1 Å². The van der Waals surface area contributed by atoms with Gasteiger partial charge in [0.1, 0.15) is 12.4 Å². The molecule has 2 aromatic rings. The zero-order valence-corrected chi connectivity index (χ0v) is 17.3. The van der Waals surface area contributed by atoms with Gasteiger partial charge in [0.05, 0.1) is 12.7 Å². The molecule has 0 amide bonds. The summed E-state index contributed by atoms with van der Waals surface area (Å²) in [6, 6.07) is 7.94. The van der Waals surface area contributed by atoms with Crippen LogP contribution in [0.3, 0.4) is 0 Å². The molecule has 0 aliphatic heterocycles. The first-order valence-corrected chi connectivity index (χ1v) is 9.05. The van der Waals surface area contributed by atoms with Crippen LogP contribution in [0, 0.1) is 17.4 Å². The first-order valence-electron chi connectivity index (χ1n) is 7.57. The van der Waals surface area contributed by atoms with Gasteiger partial charge in [-0.25, -0.2) is 0 Å². The molecule has 0 spiro atoms. The van der Waals surface area contributed by atoms with E-state index < -0.39 is 11.7 Å². The van der Waals surface area contributed by atoms with Crippen molar-refractivity contribution in [1.29, 1.82) is 0 Å². The lowest BCUT2D eigenvalue weighted by atomic mass is 10.0. The first kappa shape index (κ1) is 20.8. The summed E-state index contributed by atoms with van der Waals surface area (Å²) in [4.78, 5) is 0. The molecule has 26 heavy (non-hydrogen) atoms. The molecule has 0 aromatic heterocycles. The molecule has 0 atom stereocenters. The van der Waals surface area contributed by atoms with Crippen molar-refractivity contribution in [3.05, 3.63) is 56.2 Å². The lowest BCUT2D eigenvalue weighted by Crippen LogP contribution is -2.14. The predicted octanol–water partition coefficient (Wildman–Crippen LogP) is 5.85. The Hall–Kier alpha value is -1.55. The summed E-state index contributed by atoms with van der Waals surface area (Å²) in [5.41, 5.74) is 1.83. The molecule has 0 saturated carbocycles. The fourth-order valence-electron chi connectivity index (χ4n) is 2.26. The number of anilines is 1. The van der Waals surface area contributed by atoms with E-state index in [-0.39, 0.29) is 17.5 Å². The van der Waals surface area contributed by atoms with E-state index in [1.165, 1.54) is 13.2 Å². The van der Waals surface area contributed by atoms with E-state index in [2.05, 4.69) is 27.9 Å². The molecular weight excluding hydrogens is 478 g/mol. The zero-order chi connectivity index (χ0) is 19.5. The molecule has 0 aliphatic carbocycles. The van der Waals surface area contributed by atoms with Gasteiger partial charge in [0.2, 0.25) is 0 Å². The number of ether oxygens (including phenoxy) is 2. The fourth-order valence-corrected chi connectivity index (χ4v) is 3.03. The summed E-state index contributed by atoms with van der Waals surface area (Å²) in [6.07, 6.45) is -4.49. The maximum absolute atomic E-state index is 13.3. The van der Waals surface area contributed by atoms with Crippen LogP contribution >= 0.6 is 34.8 Å². The summed E-state index contributed by atoms with van der Waals surface area (Å²) in [7, 11) is 1.43. The van der Waals surface area contributed by atoms with E-state index >= 15 is 0 Å². The maximum atomic E-state index is 13.3. The number of aryl methyl sites for hydroxylation is 2. The molecule has 0 heterocycles. The average Bonchev–Trinajstić information content (AvgIpc) is 2.56. The Kier molecular flexibility index (Phi) is 6.73. The summed E-state index contributed by atoms with van der Waals surface area (Å²) in [5, 5.41) is 3.07. The summed E-state index contributed by atoms with van der Waals surface area (Å²) in [5.74, 6) is -0.194.